The van der Waals surface area contributed by atoms with Gasteiger partial charge in [0.15, 0.2) is 0 Å². The molecule has 1 saturated heterocycles. The Morgan fingerprint density at radius 2 is 1.80 bits per heavy atom. The summed E-state index contributed by atoms with van der Waals surface area (Å²) >= 11 is 0. The van der Waals surface area contributed by atoms with Crippen LogP contribution >= 0.6 is 0 Å². The monoisotopic (exact) mass is 400 g/mol. The van der Waals surface area contributed by atoms with Gasteiger partial charge in [-0.3, -0.25) is 9.78 Å². The second-order valence-electron chi connectivity index (χ2n) is 7.62. The number of pyridine rings is 1. The van der Waals surface area contributed by atoms with Crippen LogP contribution in [-0.4, -0.2) is 49.1 Å². The van der Waals surface area contributed by atoms with Gasteiger partial charge >= 0.3 is 0 Å². The third kappa shape index (κ3) is 3.55. The number of hydrogen-bond acceptors (Lipinski definition) is 5. The van der Waals surface area contributed by atoms with E-state index in [1.54, 1.807) is 37.6 Å². The van der Waals surface area contributed by atoms with Gasteiger partial charge in [-0.05, 0) is 49.7 Å². The molecule has 1 aliphatic heterocycles. The third-order valence-electron chi connectivity index (χ3n) is 5.62. The lowest BCUT2D eigenvalue weighted by Crippen LogP contribution is -2.49. The Labute approximate surface area is 176 Å². The Kier molecular flexibility index (Phi) is 5.28. The van der Waals surface area contributed by atoms with E-state index in [9.17, 15) is 10.1 Å². The van der Waals surface area contributed by atoms with E-state index in [1.165, 1.54) is 0 Å². The zero-order chi connectivity index (χ0) is 21.3. The van der Waals surface area contributed by atoms with Gasteiger partial charge in [0, 0.05) is 43.3 Å². The van der Waals surface area contributed by atoms with E-state index in [2.05, 4.69) is 35.0 Å². The predicted molar refractivity (Wildman–Crippen MR) is 117 cm³/mol. The van der Waals surface area contributed by atoms with E-state index in [0.717, 1.165) is 33.5 Å². The first-order valence-electron chi connectivity index (χ1n) is 10.00. The molecule has 6 nitrogen and oxygen atoms in total. The van der Waals surface area contributed by atoms with Gasteiger partial charge in [0.05, 0.1) is 23.9 Å². The van der Waals surface area contributed by atoms with Crippen LogP contribution in [0, 0.1) is 25.2 Å². The largest absolute Gasteiger partial charge is 0.497 e. The fourth-order valence-corrected chi connectivity index (χ4v) is 4.12. The summed E-state index contributed by atoms with van der Waals surface area (Å²) < 4.78 is 5.17. The van der Waals surface area contributed by atoms with Crippen molar-refractivity contribution in [2.24, 2.45) is 0 Å². The zero-order valence-corrected chi connectivity index (χ0v) is 17.5. The van der Waals surface area contributed by atoms with E-state index in [0.29, 0.717) is 37.3 Å². The molecule has 2 heterocycles. The first kappa shape index (κ1) is 19.7. The zero-order valence-electron chi connectivity index (χ0n) is 17.5. The van der Waals surface area contributed by atoms with Crippen LogP contribution in [0.5, 0.6) is 5.75 Å². The average Bonchev–Trinajstić information content (AvgIpc) is 2.78. The molecular formula is C24H24N4O2. The van der Waals surface area contributed by atoms with Crippen molar-refractivity contribution in [3.8, 4) is 11.8 Å². The van der Waals surface area contributed by atoms with Gasteiger partial charge in [-0.2, -0.15) is 5.26 Å². The summed E-state index contributed by atoms with van der Waals surface area (Å²) in [6, 6.07) is 13.7. The van der Waals surface area contributed by atoms with Crippen molar-refractivity contribution in [3.63, 3.8) is 0 Å². The summed E-state index contributed by atoms with van der Waals surface area (Å²) in [7, 11) is 1.61. The summed E-state index contributed by atoms with van der Waals surface area (Å²) in [5.74, 6) is 0.750. The molecule has 0 saturated carbocycles. The topological polar surface area (TPSA) is 69.5 Å². The molecule has 30 heavy (non-hydrogen) atoms. The van der Waals surface area contributed by atoms with Crippen molar-refractivity contribution in [2.75, 3.05) is 38.2 Å². The van der Waals surface area contributed by atoms with Gasteiger partial charge in [-0.15, -0.1) is 0 Å². The third-order valence-corrected chi connectivity index (χ3v) is 5.62. The van der Waals surface area contributed by atoms with E-state index >= 15 is 0 Å². The van der Waals surface area contributed by atoms with E-state index in [-0.39, 0.29) is 5.91 Å². The number of nitrogens with zero attached hydrogens (tertiary/aromatic N) is 4. The van der Waals surface area contributed by atoms with Gasteiger partial charge in [0.1, 0.15) is 11.8 Å². The summed E-state index contributed by atoms with van der Waals surface area (Å²) in [6.07, 6.45) is 1.66. The summed E-state index contributed by atoms with van der Waals surface area (Å²) in [6.45, 7) is 6.64. The smallest absolute Gasteiger partial charge is 0.253 e. The molecular weight excluding hydrogens is 376 g/mol. The summed E-state index contributed by atoms with van der Waals surface area (Å²) in [4.78, 5) is 21.5. The molecule has 0 radical (unpaired) electrons. The fraction of sp³-hybridized carbons (Fsp3) is 0.292. The Balaban J connectivity index is 1.59. The molecule has 0 spiro atoms. The predicted octanol–water partition coefficient (Wildman–Crippen LogP) is 3.69. The molecule has 0 bridgehead atoms. The molecule has 152 valence electrons. The fourth-order valence-electron chi connectivity index (χ4n) is 4.12. The van der Waals surface area contributed by atoms with Crippen molar-refractivity contribution in [1.29, 1.82) is 5.26 Å². The number of carbonyl (C=O) groups is 1. The molecule has 0 aliphatic carbocycles. The van der Waals surface area contributed by atoms with Gasteiger partial charge in [-0.25, -0.2) is 0 Å². The SMILES string of the molecule is COc1ccc(C(=O)N2CCN(c3c(C#N)cnc4c(C)cc(C)cc34)CC2)cc1. The number of nitriles is 1. The molecule has 2 aromatic carbocycles. The number of anilines is 1. The van der Waals surface area contributed by atoms with Crippen molar-refractivity contribution >= 4 is 22.5 Å². The van der Waals surface area contributed by atoms with Crippen molar-refractivity contribution in [3.05, 3.63) is 64.8 Å². The molecule has 1 aliphatic rings. The number of methoxy groups -OCH3 is 1. The second-order valence-corrected chi connectivity index (χ2v) is 7.62. The number of piperazine rings is 1. The van der Waals surface area contributed by atoms with E-state index in [1.807, 2.05) is 11.8 Å². The lowest BCUT2D eigenvalue weighted by atomic mass is 10.0. The van der Waals surface area contributed by atoms with Crippen molar-refractivity contribution in [1.82, 2.24) is 9.88 Å². The number of ether oxygens (including phenoxy) is 1. The van der Waals surface area contributed by atoms with Crippen molar-refractivity contribution < 1.29 is 9.53 Å². The second kappa shape index (κ2) is 8.03. The molecule has 6 heteroatoms. The highest BCUT2D eigenvalue weighted by atomic mass is 16.5. The molecule has 0 N–H and O–H groups in total. The number of rotatable bonds is 3. The van der Waals surface area contributed by atoms with Gasteiger partial charge in [0.2, 0.25) is 0 Å². The number of carbonyl (C=O) groups excluding carboxylic acids is 1. The minimum absolute atomic E-state index is 0.0177. The maximum atomic E-state index is 12.9. The standard InChI is InChI=1S/C24H24N4O2/c1-16-12-17(2)22-21(13-16)23(19(14-25)15-26-22)27-8-10-28(11-9-27)24(29)18-4-6-20(30-3)7-5-18/h4-7,12-13,15H,8-11H2,1-3H3. The van der Waals surface area contributed by atoms with Crippen LogP contribution in [-0.2, 0) is 0 Å². The summed E-state index contributed by atoms with van der Waals surface area (Å²) in [5.41, 5.74) is 5.32. The molecule has 1 fully saturated rings. The molecule has 0 unspecified atom stereocenters. The lowest BCUT2D eigenvalue weighted by molar-refractivity contribution is 0.0747. The van der Waals surface area contributed by atoms with Crippen LogP contribution < -0.4 is 9.64 Å². The number of benzene rings is 2. The maximum Gasteiger partial charge on any atom is 0.253 e. The number of aromatic nitrogens is 1. The molecule has 4 rings (SSSR count). The molecule has 3 aromatic rings. The van der Waals surface area contributed by atoms with E-state index < -0.39 is 0 Å². The Morgan fingerprint density at radius 3 is 2.43 bits per heavy atom. The molecule has 1 aromatic heterocycles. The van der Waals surface area contributed by atoms with Crippen LogP contribution in [0.2, 0.25) is 0 Å². The highest BCUT2D eigenvalue weighted by Gasteiger charge is 2.25. The highest BCUT2D eigenvalue weighted by molar-refractivity contribution is 5.97. The Morgan fingerprint density at radius 1 is 1.10 bits per heavy atom. The summed E-state index contributed by atoms with van der Waals surface area (Å²) in [5, 5.41) is 10.7. The van der Waals surface area contributed by atoms with Gasteiger partial charge in [0.25, 0.3) is 5.91 Å². The number of hydrogen-bond donors (Lipinski definition) is 0. The van der Waals surface area contributed by atoms with Crippen LogP contribution in [0.4, 0.5) is 5.69 Å². The van der Waals surface area contributed by atoms with Crippen LogP contribution in [0.3, 0.4) is 0 Å². The normalized spacial score (nSPS) is 13.9. The lowest BCUT2D eigenvalue weighted by Gasteiger charge is -2.37. The van der Waals surface area contributed by atoms with Crippen molar-refractivity contribution in [2.45, 2.75) is 13.8 Å². The number of fused-ring (bicyclic) bond motifs is 1. The average molecular weight is 400 g/mol. The van der Waals surface area contributed by atoms with Crippen LogP contribution in [0.1, 0.15) is 27.0 Å². The van der Waals surface area contributed by atoms with Crippen LogP contribution in [0.25, 0.3) is 10.9 Å². The Bertz CT molecular complexity index is 1140. The van der Waals surface area contributed by atoms with Gasteiger partial charge < -0.3 is 14.5 Å². The minimum atomic E-state index is 0.0177. The van der Waals surface area contributed by atoms with E-state index in [4.69, 9.17) is 4.74 Å². The molecule has 1 amide bonds. The number of amides is 1. The number of aryl methyl sites for hydroxylation is 2. The quantitative estimate of drug-likeness (QED) is 0.671. The van der Waals surface area contributed by atoms with Crippen LogP contribution in [0.15, 0.2) is 42.6 Å². The highest BCUT2D eigenvalue weighted by Crippen LogP contribution is 2.32. The Hall–Kier alpha value is -3.59. The maximum absolute atomic E-state index is 12.9. The van der Waals surface area contributed by atoms with Gasteiger partial charge in [-0.1, -0.05) is 11.6 Å². The first-order valence-corrected chi connectivity index (χ1v) is 10.00. The minimum Gasteiger partial charge on any atom is -0.497 e. The first-order chi connectivity index (χ1) is 14.5. The molecule has 0 atom stereocenters.